The van der Waals surface area contributed by atoms with Crippen molar-refractivity contribution in [2.75, 3.05) is 12.4 Å². The Morgan fingerprint density at radius 2 is 1.96 bits per heavy atom. The number of hydrogen-bond donors (Lipinski definition) is 1. The number of fused-ring (bicyclic) bond motifs is 1. The molecule has 0 saturated heterocycles. The monoisotopic (exact) mass is 343 g/mol. The predicted molar refractivity (Wildman–Crippen MR) is 93.2 cm³/mol. The molecule has 5 nitrogen and oxygen atoms in total. The van der Waals surface area contributed by atoms with E-state index in [4.69, 9.17) is 20.8 Å². The number of carbonyl (C=O) groups is 1. The molecule has 1 aromatic heterocycles. The maximum atomic E-state index is 12.6. The Labute approximate surface area is 142 Å². The lowest BCUT2D eigenvalue weighted by Crippen LogP contribution is -2.15. The third-order valence-electron chi connectivity index (χ3n) is 3.61. The number of carbonyl (C=O) groups excluding carboxylic acids is 1. The summed E-state index contributed by atoms with van der Waals surface area (Å²) in [7, 11) is 1.51. The molecule has 0 bridgehead atoms. The zero-order chi connectivity index (χ0) is 17.3. The molecule has 1 N–H and O–H groups in total. The van der Waals surface area contributed by atoms with E-state index in [2.05, 4.69) is 5.32 Å². The van der Waals surface area contributed by atoms with Gasteiger partial charge in [-0.05, 0) is 42.8 Å². The third kappa shape index (κ3) is 3.12. The number of halogens is 1. The van der Waals surface area contributed by atoms with Crippen LogP contribution in [0.2, 0.25) is 5.02 Å². The fourth-order valence-electron chi connectivity index (χ4n) is 2.38. The van der Waals surface area contributed by atoms with Crippen molar-refractivity contribution in [3.05, 3.63) is 69.0 Å². The number of methoxy groups -OCH3 is 1. The van der Waals surface area contributed by atoms with Crippen LogP contribution in [-0.4, -0.2) is 13.0 Å². The minimum absolute atomic E-state index is 0.233. The molecule has 1 amide bonds. The molecule has 24 heavy (non-hydrogen) atoms. The number of benzene rings is 2. The largest absolute Gasteiger partial charge is 0.497 e. The van der Waals surface area contributed by atoms with Crippen molar-refractivity contribution in [2.45, 2.75) is 6.92 Å². The molecule has 0 saturated carbocycles. The van der Waals surface area contributed by atoms with E-state index < -0.39 is 11.5 Å². The lowest BCUT2D eigenvalue weighted by molar-refractivity contribution is 0.102. The molecule has 3 aromatic rings. The van der Waals surface area contributed by atoms with Gasteiger partial charge < -0.3 is 14.5 Å². The second-order valence-corrected chi connectivity index (χ2v) is 5.67. The van der Waals surface area contributed by atoms with Gasteiger partial charge in [-0.2, -0.15) is 0 Å². The number of aryl methyl sites for hydroxylation is 1. The SMILES string of the molecule is COc1ccc2c(C(=O)Nc3ccc(Cl)c(C)c3)cc(=O)oc2c1. The highest BCUT2D eigenvalue weighted by molar-refractivity contribution is 6.31. The van der Waals surface area contributed by atoms with E-state index in [1.807, 2.05) is 6.92 Å². The van der Waals surface area contributed by atoms with E-state index in [-0.39, 0.29) is 5.56 Å². The Morgan fingerprint density at radius 3 is 2.67 bits per heavy atom. The second kappa shape index (κ2) is 6.37. The number of rotatable bonds is 3. The molecule has 0 atom stereocenters. The minimum Gasteiger partial charge on any atom is -0.497 e. The molecule has 2 aromatic carbocycles. The molecule has 0 unspecified atom stereocenters. The Balaban J connectivity index is 2.02. The van der Waals surface area contributed by atoms with Gasteiger partial charge in [0.05, 0.1) is 12.7 Å². The van der Waals surface area contributed by atoms with Crippen molar-refractivity contribution in [1.29, 1.82) is 0 Å². The predicted octanol–water partition coefficient (Wildman–Crippen LogP) is 4.02. The lowest BCUT2D eigenvalue weighted by atomic mass is 10.1. The summed E-state index contributed by atoms with van der Waals surface area (Å²) in [5.41, 5.74) is 1.36. The number of ether oxygens (including phenoxy) is 1. The van der Waals surface area contributed by atoms with Crippen LogP contribution >= 0.6 is 11.6 Å². The number of nitrogens with one attached hydrogen (secondary N) is 1. The molecule has 0 aliphatic carbocycles. The summed E-state index contributed by atoms with van der Waals surface area (Å²) in [4.78, 5) is 24.3. The van der Waals surface area contributed by atoms with Crippen molar-refractivity contribution < 1.29 is 13.9 Å². The average Bonchev–Trinajstić information content (AvgIpc) is 2.56. The maximum Gasteiger partial charge on any atom is 0.337 e. The molecule has 0 fully saturated rings. The molecule has 0 spiro atoms. The summed E-state index contributed by atoms with van der Waals surface area (Å²) in [6.07, 6.45) is 0. The molecule has 1 heterocycles. The van der Waals surface area contributed by atoms with Crippen LogP contribution < -0.4 is 15.7 Å². The van der Waals surface area contributed by atoms with E-state index in [1.165, 1.54) is 13.2 Å². The smallest absolute Gasteiger partial charge is 0.337 e. The van der Waals surface area contributed by atoms with Gasteiger partial charge in [0, 0.05) is 28.2 Å². The average molecular weight is 344 g/mol. The first-order valence-electron chi connectivity index (χ1n) is 7.17. The van der Waals surface area contributed by atoms with Crippen LogP contribution in [-0.2, 0) is 0 Å². The highest BCUT2D eigenvalue weighted by atomic mass is 35.5. The minimum atomic E-state index is -0.604. The van der Waals surface area contributed by atoms with Crippen LogP contribution in [0.15, 0.2) is 51.7 Å². The van der Waals surface area contributed by atoms with Gasteiger partial charge in [0.15, 0.2) is 0 Å². The number of anilines is 1. The highest BCUT2D eigenvalue weighted by Gasteiger charge is 2.14. The molecule has 0 aliphatic rings. The van der Waals surface area contributed by atoms with Gasteiger partial charge in [0.2, 0.25) is 0 Å². The first-order chi connectivity index (χ1) is 11.5. The lowest BCUT2D eigenvalue weighted by Gasteiger charge is -2.09. The Kier molecular flexibility index (Phi) is 4.27. The second-order valence-electron chi connectivity index (χ2n) is 5.26. The van der Waals surface area contributed by atoms with Gasteiger partial charge >= 0.3 is 5.63 Å². The quantitative estimate of drug-likeness (QED) is 0.729. The Bertz CT molecular complexity index is 994. The van der Waals surface area contributed by atoms with Gasteiger partial charge in [0.1, 0.15) is 11.3 Å². The van der Waals surface area contributed by atoms with Gasteiger partial charge in [0.25, 0.3) is 5.91 Å². The first-order valence-corrected chi connectivity index (χ1v) is 7.55. The van der Waals surface area contributed by atoms with Gasteiger partial charge in [-0.25, -0.2) is 4.79 Å². The van der Waals surface area contributed by atoms with Crippen LogP contribution in [0, 0.1) is 6.92 Å². The summed E-state index contributed by atoms with van der Waals surface area (Å²) in [6, 6.07) is 11.3. The summed E-state index contributed by atoms with van der Waals surface area (Å²) >= 11 is 5.98. The normalized spacial score (nSPS) is 10.6. The summed E-state index contributed by atoms with van der Waals surface area (Å²) in [6.45, 7) is 1.84. The molecule has 122 valence electrons. The van der Waals surface area contributed by atoms with Gasteiger partial charge in [-0.1, -0.05) is 11.6 Å². The number of amides is 1. The summed E-state index contributed by atoms with van der Waals surface area (Å²) < 4.78 is 10.3. The first kappa shape index (κ1) is 16.1. The highest BCUT2D eigenvalue weighted by Crippen LogP contribution is 2.24. The van der Waals surface area contributed by atoms with Crippen LogP contribution in [0.4, 0.5) is 5.69 Å². The zero-order valence-electron chi connectivity index (χ0n) is 13.1. The van der Waals surface area contributed by atoms with Gasteiger partial charge in [-0.15, -0.1) is 0 Å². The van der Waals surface area contributed by atoms with E-state index in [0.29, 0.717) is 27.4 Å². The summed E-state index contributed by atoms with van der Waals surface area (Å²) in [5.74, 6) is 0.135. The van der Waals surface area contributed by atoms with E-state index in [9.17, 15) is 9.59 Å². The standard InChI is InChI=1S/C18H14ClNO4/c1-10-7-11(3-6-15(10)19)20-18(22)14-9-17(21)24-16-8-12(23-2)4-5-13(14)16/h3-9H,1-2H3,(H,20,22). The van der Waals surface area contributed by atoms with E-state index in [1.54, 1.807) is 36.4 Å². The third-order valence-corrected chi connectivity index (χ3v) is 4.04. The summed E-state index contributed by atoms with van der Waals surface area (Å²) in [5, 5.41) is 3.91. The van der Waals surface area contributed by atoms with Crippen LogP contribution in [0.5, 0.6) is 5.75 Å². The van der Waals surface area contributed by atoms with Crippen molar-refractivity contribution in [2.24, 2.45) is 0 Å². The van der Waals surface area contributed by atoms with Crippen molar-refractivity contribution >= 4 is 34.2 Å². The molecule has 0 radical (unpaired) electrons. The molecule has 3 rings (SSSR count). The maximum absolute atomic E-state index is 12.6. The van der Waals surface area contributed by atoms with Gasteiger partial charge in [-0.3, -0.25) is 4.79 Å². The van der Waals surface area contributed by atoms with Crippen molar-refractivity contribution in [1.82, 2.24) is 0 Å². The zero-order valence-corrected chi connectivity index (χ0v) is 13.8. The Hall–Kier alpha value is -2.79. The van der Waals surface area contributed by atoms with E-state index in [0.717, 1.165) is 5.56 Å². The van der Waals surface area contributed by atoms with E-state index >= 15 is 0 Å². The van der Waals surface area contributed by atoms with Crippen molar-refractivity contribution in [3.63, 3.8) is 0 Å². The molecular weight excluding hydrogens is 330 g/mol. The molecular formula is C18H14ClNO4. The van der Waals surface area contributed by atoms with Crippen LogP contribution in [0.3, 0.4) is 0 Å². The van der Waals surface area contributed by atoms with Crippen molar-refractivity contribution in [3.8, 4) is 5.75 Å². The molecule has 0 aliphatic heterocycles. The fourth-order valence-corrected chi connectivity index (χ4v) is 2.50. The van der Waals surface area contributed by atoms with Crippen LogP contribution in [0.25, 0.3) is 11.0 Å². The topological polar surface area (TPSA) is 68.5 Å². The van der Waals surface area contributed by atoms with Crippen LogP contribution in [0.1, 0.15) is 15.9 Å². The molecule has 6 heteroatoms. The Morgan fingerprint density at radius 1 is 1.17 bits per heavy atom. The fraction of sp³-hybridized carbons (Fsp3) is 0.111. The number of hydrogen-bond acceptors (Lipinski definition) is 4.